The molecule has 0 aromatic rings. The Labute approximate surface area is 115 Å². The smallest absolute Gasteiger partial charge is 0.327 e. The van der Waals surface area contributed by atoms with Crippen molar-refractivity contribution in [2.75, 3.05) is 5.75 Å². The Kier molecular flexibility index (Phi) is 10.9. The number of carbonyl (C=O) groups excluding carboxylic acids is 1. The molecule has 1 amide bonds. The van der Waals surface area contributed by atoms with Crippen LogP contribution >= 0.6 is 12.6 Å². The molecule has 0 radical (unpaired) electrons. The summed E-state index contributed by atoms with van der Waals surface area (Å²) in [4.78, 5) is 22.1. The molecule has 0 aromatic carbocycles. The second-order valence-electron chi connectivity index (χ2n) is 4.51. The molecule has 0 aromatic heterocycles. The summed E-state index contributed by atoms with van der Waals surface area (Å²) >= 11 is 3.89. The van der Waals surface area contributed by atoms with Crippen molar-refractivity contribution in [1.82, 2.24) is 5.32 Å². The highest BCUT2D eigenvalue weighted by Crippen LogP contribution is 2.08. The Bertz CT molecular complexity index is 246. The number of carbonyl (C=O) groups is 2. The number of hydrogen-bond donors (Lipinski definition) is 3. The van der Waals surface area contributed by atoms with Crippen molar-refractivity contribution in [3.05, 3.63) is 0 Å². The average Bonchev–Trinajstić information content (AvgIpc) is 2.34. The van der Waals surface area contributed by atoms with Crippen LogP contribution in [0.4, 0.5) is 0 Å². The van der Waals surface area contributed by atoms with E-state index in [9.17, 15) is 9.59 Å². The highest BCUT2D eigenvalue weighted by Gasteiger charge is 2.17. The van der Waals surface area contributed by atoms with E-state index >= 15 is 0 Å². The van der Waals surface area contributed by atoms with E-state index in [2.05, 4.69) is 24.9 Å². The van der Waals surface area contributed by atoms with Crippen LogP contribution in [0, 0.1) is 0 Å². The summed E-state index contributed by atoms with van der Waals surface area (Å²) in [5.41, 5.74) is 0. The van der Waals surface area contributed by atoms with E-state index in [4.69, 9.17) is 5.11 Å². The van der Waals surface area contributed by atoms with Crippen molar-refractivity contribution in [2.24, 2.45) is 0 Å². The Hall–Kier alpha value is -0.710. The van der Waals surface area contributed by atoms with Gasteiger partial charge in [0, 0.05) is 12.2 Å². The van der Waals surface area contributed by atoms with Gasteiger partial charge in [0.2, 0.25) is 5.91 Å². The third-order valence-electron chi connectivity index (χ3n) is 2.82. The predicted octanol–water partition coefficient (Wildman–Crippen LogP) is 2.63. The van der Waals surface area contributed by atoms with Gasteiger partial charge in [-0.25, -0.2) is 4.79 Å². The molecule has 2 N–H and O–H groups in total. The number of carboxylic acid groups (broad SMARTS) is 1. The number of thiol groups is 1. The number of nitrogens with one attached hydrogen (secondary N) is 1. The first kappa shape index (κ1) is 17.3. The quantitative estimate of drug-likeness (QED) is 0.401. The maximum absolute atomic E-state index is 11.4. The van der Waals surface area contributed by atoms with Crippen LogP contribution in [0.5, 0.6) is 0 Å². The first-order valence-corrected chi connectivity index (χ1v) is 7.38. The molecule has 106 valence electrons. The lowest BCUT2D eigenvalue weighted by Crippen LogP contribution is -2.42. The lowest BCUT2D eigenvalue weighted by molar-refractivity contribution is -0.141. The Morgan fingerprint density at radius 1 is 1.11 bits per heavy atom. The molecule has 4 nitrogen and oxygen atoms in total. The summed E-state index contributed by atoms with van der Waals surface area (Å²) in [6, 6.07) is -0.870. The average molecular weight is 275 g/mol. The number of carboxylic acids is 1. The van der Waals surface area contributed by atoms with Crippen molar-refractivity contribution in [2.45, 2.75) is 64.3 Å². The maximum atomic E-state index is 11.4. The molecule has 18 heavy (non-hydrogen) atoms. The monoisotopic (exact) mass is 275 g/mol. The fraction of sp³-hybridized carbons (Fsp3) is 0.846. The lowest BCUT2D eigenvalue weighted by Gasteiger charge is -2.11. The van der Waals surface area contributed by atoms with E-state index in [1.807, 2.05) is 0 Å². The highest BCUT2D eigenvalue weighted by atomic mass is 32.1. The van der Waals surface area contributed by atoms with Crippen molar-refractivity contribution >= 4 is 24.5 Å². The summed E-state index contributed by atoms with van der Waals surface area (Å²) in [5, 5.41) is 11.2. The molecular formula is C13H25NO3S. The molecule has 0 aliphatic heterocycles. The van der Waals surface area contributed by atoms with Crippen molar-refractivity contribution in [1.29, 1.82) is 0 Å². The minimum absolute atomic E-state index is 0.123. The van der Waals surface area contributed by atoms with Crippen LogP contribution in [0.25, 0.3) is 0 Å². The van der Waals surface area contributed by atoms with E-state index in [-0.39, 0.29) is 11.7 Å². The molecule has 0 saturated carbocycles. The van der Waals surface area contributed by atoms with Crippen LogP contribution in [-0.2, 0) is 9.59 Å². The number of hydrogen-bond acceptors (Lipinski definition) is 3. The molecule has 0 bridgehead atoms. The van der Waals surface area contributed by atoms with Gasteiger partial charge in [-0.15, -0.1) is 0 Å². The standard InChI is InChI=1S/C13H25NO3S/c1-2-3-4-5-6-7-8-9-12(15)14-11(10-18)13(16)17/h11,18H,2-10H2,1H3,(H,14,15)(H,16,17). The first-order chi connectivity index (χ1) is 8.61. The van der Waals surface area contributed by atoms with E-state index in [0.29, 0.717) is 6.42 Å². The molecule has 0 aliphatic rings. The molecular weight excluding hydrogens is 250 g/mol. The number of rotatable bonds is 11. The highest BCUT2D eigenvalue weighted by molar-refractivity contribution is 7.80. The largest absolute Gasteiger partial charge is 0.480 e. The SMILES string of the molecule is CCCCCCCCCC(=O)NC(CS)C(=O)O. The number of unbranched alkanes of at least 4 members (excludes halogenated alkanes) is 6. The number of amides is 1. The Balaban J connectivity index is 3.50. The maximum Gasteiger partial charge on any atom is 0.327 e. The topological polar surface area (TPSA) is 66.4 Å². The molecule has 0 rings (SSSR count). The van der Waals surface area contributed by atoms with Gasteiger partial charge in [-0.3, -0.25) is 4.79 Å². The summed E-state index contributed by atoms with van der Waals surface area (Å²) in [7, 11) is 0. The van der Waals surface area contributed by atoms with E-state index in [0.717, 1.165) is 19.3 Å². The Morgan fingerprint density at radius 3 is 2.17 bits per heavy atom. The van der Waals surface area contributed by atoms with Gasteiger partial charge in [-0.1, -0.05) is 45.4 Å². The van der Waals surface area contributed by atoms with Gasteiger partial charge < -0.3 is 10.4 Å². The molecule has 5 heteroatoms. The van der Waals surface area contributed by atoms with Gasteiger partial charge >= 0.3 is 5.97 Å². The molecule has 0 heterocycles. The van der Waals surface area contributed by atoms with Crippen LogP contribution in [0.15, 0.2) is 0 Å². The molecule has 0 spiro atoms. The Morgan fingerprint density at radius 2 is 1.67 bits per heavy atom. The summed E-state index contributed by atoms with van der Waals surface area (Å²) in [5.74, 6) is -1.10. The van der Waals surface area contributed by atoms with E-state index < -0.39 is 12.0 Å². The van der Waals surface area contributed by atoms with Gasteiger partial charge in [0.15, 0.2) is 0 Å². The van der Waals surface area contributed by atoms with E-state index in [1.54, 1.807) is 0 Å². The lowest BCUT2D eigenvalue weighted by atomic mass is 10.1. The first-order valence-electron chi connectivity index (χ1n) is 6.74. The number of aliphatic carboxylic acids is 1. The molecule has 0 fully saturated rings. The summed E-state index contributed by atoms with van der Waals surface area (Å²) in [6.45, 7) is 2.19. The van der Waals surface area contributed by atoms with Crippen LogP contribution in [0.1, 0.15) is 58.3 Å². The van der Waals surface area contributed by atoms with Gasteiger partial charge in [-0.2, -0.15) is 12.6 Å². The van der Waals surface area contributed by atoms with Crippen LogP contribution in [0.2, 0.25) is 0 Å². The molecule has 0 saturated heterocycles. The van der Waals surface area contributed by atoms with Crippen LogP contribution in [-0.4, -0.2) is 28.8 Å². The van der Waals surface area contributed by atoms with Crippen LogP contribution in [0.3, 0.4) is 0 Å². The van der Waals surface area contributed by atoms with E-state index in [1.165, 1.54) is 25.7 Å². The third kappa shape index (κ3) is 9.33. The van der Waals surface area contributed by atoms with Gasteiger partial charge in [0.05, 0.1) is 0 Å². The molecule has 1 atom stereocenters. The summed E-state index contributed by atoms with van der Waals surface area (Å²) in [6.07, 6.45) is 8.44. The molecule has 0 aliphatic carbocycles. The zero-order chi connectivity index (χ0) is 13.8. The zero-order valence-corrected chi connectivity index (χ0v) is 12.0. The van der Waals surface area contributed by atoms with Crippen molar-refractivity contribution < 1.29 is 14.7 Å². The molecule has 1 unspecified atom stereocenters. The minimum Gasteiger partial charge on any atom is -0.480 e. The fourth-order valence-electron chi connectivity index (χ4n) is 1.69. The van der Waals surface area contributed by atoms with Crippen molar-refractivity contribution in [3.63, 3.8) is 0 Å². The van der Waals surface area contributed by atoms with Crippen molar-refractivity contribution in [3.8, 4) is 0 Å². The second-order valence-corrected chi connectivity index (χ2v) is 4.88. The third-order valence-corrected chi connectivity index (χ3v) is 3.19. The van der Waals surface area contributed by atoms with Gasteiger partial charge in [0.25, 0.3) is 0 Å². The zero-order valence-electron chi connectivity index (χ0n) is 11.2. The predicted molar refractivity (Wildman–Crippen MR) is 76.0 cm³/mol. The van der Waals surface area contributed by atoms with Gasteiger partial charge in [0.1, 0.15) is 6.04 Å². The summed E-state index contributed by atoms with van der Waals surface area (Å²) < 4.78 is 0. The second kappa shape index (κ2) is 11.4. The van der Waals surface area contributed by atoms with Crippen LogP contribution < -0.4 is 5.32 Å². The minimum atomic E-state index is -1.03. The van der Waals surface area contributed by atoms with Gasteiger partial charge in [-0.05, 0) is 6.42 Å². The fourth-order valence-corrected chi connectivity index (χ4v) is 1.94. The normalized spacial score (nSPS) is 12.1.